The number of piperidine rings is 1. The maximum Gasteiger partial charge on any atom is 0.233 e. The summed E-state index contributed by atoms with van der Waals surface area (Å²) in [4.78, 5) is 28.2. The number of ether oxygens (including phenoxy) is 3. The minimum Gasteiger partial charge on any atom is -0.497 e. The van der Waals surface area contributed by atoms with Gasteiger partial charge in [0.05, 0.1) is 26.1 Å². The Labute approximate surface area is 214 Å². The molecule has 188 valence electrons. The molecule has 3 fully saturated rings. The van der Waals surface area contributed by atoms with E-state index in [1.54, 1.807) is 13.2 Å². The Balaban J connectivity index is 1.12. The van der Waals surface area contributed by atoms with Gasteiger partial charge in [-0.25, -0.2) is 9.97 Å². The van der Waals surface area contributed by atoms with Crippen LogP contribution in [0.15, 0.2) is 35.5 Å². The molecular weight excluding hydrogens is 490 g/mol. The summed E-state index contributed by atoms with van der Waals surface area (Å²) >= 11 is 7.63. The minimum atomic E-state index is -0.436. The Bertz CT molecular complexity index is 1020. The number of anilines is 2. The number of amides is 1. The summed E-state index contributed by atoms with van der Waals surface area (Å²) in [6.45, 7) is 5.83. The predicted octanol–water partition coefficient (Wildman–Crippen LogP) is 2.92. The number of thioether (sulfide) groups is 1. The van der Waals surface area contributed by atoms with Gasteiger partial charge in [-0.1, -0.05) is 23.4 Å². The molecule has 3 aliphatic rings. The molecule has 3 saturated heterocycles. The van der Waals surface area contributed by atoms with E-state index >= 15 is 0 Å². The number of carbonyl (C=O) groups excluding carboxylic acids is 1. The molecule has 0 aliphatic carbocycles. The van der Waals surface area contributed by atoms with Gasteiger partial charge in [-0.05, 0) is 24.3 Å². The maximum absolute atomic E-state index is 12.9. The quantitative estimate of drug-likeness (QED) is 0.325. The molecule has 35 heavy (non-hydrogen) atoms. The summed E-state index contributed by atoms with van der Waals surface area (Å²) < 4.78 is 16.9. The van der Waals surface area contributed by atoms with Gasteiger partial charge in [-0.2, -0.15) is 0 Å². The number of rotatable bonds is 6. The first kappa shape index (κ1) is 24.4. The second-order valence-corrected chi connectivity index (χ2v) is 10.1. The number of hydrogen-bond acceptors (Lipinski definition) is 9. The molecule has 3 aliphatic heterocycles. The maximum atomic E-state index is 12.9. The third-order valence-corrected chi connectivity index (χ3v) is 7.74. The molecule has 1 aromatic heterocycles. The van der Waals surface area contributed by atoms with Gasteiger partial charge in [0, 0.05) is 63.9 Å². The van der Waals surface area contributed by atoms with Crippen LogP contribution in [-0.2, 0) is 14.3 Å². The van der Waals surface area contributed by atoms with Crippen molar-refractivity contribution in [3.63, 3.8) is 0 Å². The van der Waals surface area contributed by atoms with E-state index in [0.717, 1.165) is 56.3 Å². The lowest BCUT2D eigenvalue weighted by Crippen LogP contribution is -2.49. The number of hydrogen-bond donors (Lipinski definition) is 0. The first-order chi connectivity index (χ1) is 17.0. The molecule has 0 saturated carbocycles. The van der Waals surface area contributed by atoms with Crippen molar-refractivity contribution >= 4 is 40.8 Å². The highest BCUT2D eigenvalue weighted by atomic mass is 35.5. The van der Waals surface area contributed by atoms with E-state index in [-0.39, 0.29) is 11.7 Å². The molecule has 0 radical (unpaired) electrons. The molecule has 0 unspecified atom stereocenters. The van der Waals surface area contributed by atoms with Gasteiger partial charge in [0.25, 0.3) is 0 Å². The lowest BCUT2D eigenvalue weighted by Gasteiger charge is -2.38. The van der Waals surface area contributed by atoms with E-state index in [4.69, 9.17) is 25.8 Å². The minimum absolute atomic E-state index is 0.0879. The fraction of sp³-hybridized carbons (Fsp3) is 0.542. The first-order valence-electron chi connectivity index (χ1n) is 11.9. The van der Waals surface area contributed by atoms with Crippen molar-refractivity contribution in [2.24, 2.45) is 0 Å². The zero-order chi connectivity index (χ0) is 24.3. The molecular formula is C24H30ClN5O4S. The van der Waals surface area contributed by atoms with Gasteiger partial charge in [0.15, 0.2) is 10.9 Å². The smallest absolute Gasteiger partial charge is 0.233 e. The van der Waals surface area contributed by atoms with E-state index in [9.17, 15) is 4.79 Å². The van der Waals surface area contributed by atoms with Crippen molar-refractivity contribution in [1.29, 1.82) is 0 Å². The predicted molar refractivity (Wildman–Crippen MR) is 136 cm³/mol. The van der Waals surface area contributed by atoms with Crippen LogP contribution >= 0.6 is 23.4 Å². The number of piperazine rings is 1. The van der Waals surface area contributed by atoms with E-state index in [1.165, 1.54) is 11.8 Å². The number of benzene rings is 1. The van der Waals surface area contributed by atoms with Gasteiger partial charge in [0.2, 0.25) is 5.91 Å². The van der Waals surface area contributed by atoms with Crippen LogP contribution in [0.5, 0.6) is 5.75 Å². The highest BCUT2D eigenvalue weighted by Gasteiger charge is 2.40. The van der Waals surface area contributed by atoms with Crippen LogP contribution in [0.25, 0.3) is 0 Å². The second-order valence-electron chi connectivity index (χ2n) is 8.78. The number of carbonyl (C=O) groups is 1. The van der Waals surface area contributed by atoms with Crippen LogP contribution in [-0.4, -0.2) is 91.9 Å². The molecule has 0 N–H and O–H groups in total. The SMILES string of the molecule is COc1ccc(N2CCN(C(=O)CSc3nc(Cl)cc(N4CCC5(CC4)OCCO5)n3)CC2)cc1. The largest absolute Gasteiger partial charge is 0.497 e. The molecule has 0 atom stereocenters. The van der Waals surface area contributed by atoms with Crippen LogP contribution in [0.1, 0.15) is 12.8 Å². The number of methoxy groups -OCH3 is 1. The Hall–Kier alpha value is -2.27. The van der Waals surface area contributed by atoms with Crippen molar-refractivity contribution in [1.82, 2.24) is 14.9 Å². The van der Waals surface area contributed by atoms with Crippen molar-refractivity contribution in [3.8, 4) is 5.75 Å². The van der Waals surface area contributed by atoms with Crippen LogP contribution in [0.3, 0.4) is 0 Å². The topological polar surface area (TPSA) is 80.3 Å². The van der Waals surface area contributed by atoms with E-state index < -0.39 is 5.79 Å². The molecule has 9 nitrogen and oxygen atoms in total. The highest BCUT2D eigenvalue weighted by Crippen LogP contribution is 2.33. The Morgan fingerprint density at radius 1 is 1.03 bits per heavy atom. The lowest BCUT2D eigenvalue weighted by atomic mass is 10.0. The summed E-state index contributed by atoms with van der Waals surface area (Å²) in [5.74, 6) is 1.56. The molecule has 2 aromatic rings. The Morgan fingerprint density at radius 2 is 1.71 bits per heavy atom. The molecule has 4 heterocycles. The van der Waals surface area contributed by atoms with Crippen LogP contribution in [0, 0.1) is 0 Å². The van der Waals surface area contributed by atoms with Gasteiger partial charge >= 0.3 is 0 Å². The molecule has 5 rings (SSSR count). The Morgan fingerprint density at radius 3 is 2.37 bits per heavy atom. The summed E-state index contributed by atoms with van der Waals surface area (Å²) in [6, 6.07) is 9.80. The summed E-state index contributed by atoms with van der Waals surface area (Å²) in [5.41, 5.74) is 1.14. The van der Waals surface area contributed by atoms with Gasteiger partial charge < -0.3 is 28.9 Å². The summed E-state index contributed by atoms with van der Waals surface area (Å²) in [5, 5.41) is 0.901. The van der Waals surface area contributed by atoms with Crippen molar-refractivity contribution in [3.05, 3.63) is 35.5 Å². The summed E-state index contributed by atoms with van der Waals surface area (Å²) in [6.07, 6.45) is 1.58. The number of nitrogens with zero attached hydrogens (tertiary/aromatic N) is 5. The first-order valence-corrected chi connectivity index (χ1v) is 13.3. The fourth-order valence-electron chi connectivity index (χ4n) is 4.70. The monoisotopic (exact) mass is 519 g/mol. The zero-order valence-electron chi connectivity index (χ0n) is 19.8. The Kier molecular flexibility index (Phi) is 7.52. The highest BCUT2D eigenvalue weighted by molar-refractivity contribution is 7.99. The normalized spacial score (nSPS) is 19.9. The fourth-order valence-corrected chi connectivity index (χ4v) is 5.68. The van der Waals surface area contributed by atoms with Gasteiger partial charge in [-0.15, -0.1) is 0 Å². The van der Waals surface area contributed by atoms with Gasteiger partial charge in [0.1, 0.15) is 16.7 Å². The van der Waals surface area contributed by atoms with E-state index in [2.05, 4.69) is 31.9 Å². The molecule has 0 bridgehead atoms. The third-order valence-electron chi connectivity index (χ3n) is 6.72. The standard InChI is InChI=1S/C24H30ClN5O4S/c1-32-19-4-2-18(3-5-19)28-10-12-30(13-11-28)22(31)17-35-23-26-20(25)16-21(27-23)29-8-6-24(7-9-29)33-14-15-34-24/h2-5,16H,6-15,17H2,1H3. The van der Waals surface area contributed by atoms with Crippen molar-refractivity contribution < 1.29 is 19.0 Å². The van der Waals surface area contributed by atoms with E-state index in [0.29, 0.717) is 36.6 Å². The average Bonchev–Trinajstić information content (AvgIpc) is 3.35. The second kappa shape index (κ2) is 10.8. The lowest BCUT2D eigenvalue weighted by molar-refractivity contribution is -0.169. The number of aromatic nitrogens is 2. The van der Waals surface area contributed by atoms with Crippen LogP contribution in [0.2, 0.25) is 5.15 Å². The molecule has 1 spiro atoms. The van der Waals surface area contributed by atoms with Gasteiger partial charge in [-0.3, -0.25) is 4.79 Å². The van der Waals surface area contributed by atoms with Crippen LogP contribution < -0.4 is 14.5 Å². The third kappa shape index (κ3) is 5.77. The zero-order valence-corrected chi connectivity index (χ0v) is 21.4. The number of halogens is 1. The molecule has 1 amide bonds. The van der Waals surface area contributed by atoms with Crippen molar-refractivity contribution in [2.75, 3.05) is 75.1 Å². The van der Waals surface area contributed by atoms with Crippen LogP contribution in [0.4, 0.5) is 11.5 Å². The average molecular weight is 520 g/mol. The van der Waals surface area contributed by atoms with E-state index in [1.807, 2.05) is 17.0 Å². The van der Waals surface area contributed by atoms with Crippen molar-refractivity contribution in [2.45, 2.75) is 23.8 Å². The molecule has 1 aromatic carbocycles. The summed E-state index contributed by atoms with van der Waals surface area (Å²) in [7, 11) is 1.66. The molecule has 11 heteroatoms.